The largest absolute Gasteiger partial charge is 0.469 e. The van der Waals surface area contributed by atoms with Gasteiger partial charge in [0.2, 0.25) is 0 Å². The molecule has 7 N–H and O–H groups in total. The fourth-order valence-electron chi connectivity index (χ4n) is 24.6. The Morgan fingerprint density at radius 1 is 0.269 bits per heavy atom. The average Bonchev–Trinajstić information content (AvgIpc) is 1.60. The van der Waals surface area contributed by atoms with Crippen LogP contribution >= 0.6 is 0 Å². The molecule has 0 amide bonds. The number of aliphatic hydroxyl groups excluding tert-OH is 7. The SMILES string of the molecule is CC(C)(C)OC(=O)C1C2OC3C(OC(=O)C31)C2CCO.CC(C)(C)OC(=O)C1C2OC3C(OC(=O)C31)C2CO.CCCOC(=O)C1C2OC3C(OC(=O)C31)C2CCO.CCOC(=O)C1C2OC3C(OC(=O)C31)C2CCCO.CCOC(=O)C1C2OC3C(OC(=O)C31)C2CCO.COC(=O)C1C2OC3C(OC(=O)C31)C2CCCO.COC(=O)C1C2OC3C(OC(=O)C31)C2CCO. The molecule has 42 nitrogen and oxygen atoms in total. The Labute approximate surface area is 747 Å². The first-order valence-corrected chi connectivity index (χ1v) is 45.5. The third-order valence-corrected chi connectivity index (χ3v) is 29.3. The van der Waals surface area contributed by atoms with Crippen molar-refractivity contribution in [1.29, 1.82) is 0 Å². The van der Waals surface area contributed by atoms with Gasteiger partial charge in [0.05, 0.1) is 125 Å². The number of carbonyl (C=O) groups is 14. The van der Waals surface area contributed by atoms with Gasteiger partial charge in [0.15, 0.2) is 0 Å². The molecule has 0 aromatic heterocycles. The summed E-state index contributed by atoms with van der Waals surface area (Å²) < 4.78 is 113. The van der Waals surface area contributed by atoms with E-state index in [1.165, 1.54) is 14.2 Å². The Balaban J connectivity index is 0.000000116. The van der Waals surface area contributed by atoms with E-state index in [2.05, 4.69) is 0 Å². The van der Waals surface area contributed by atoms with E-state index >= 15 is 0 Å². The van der Waals surface area contributed by atoms with Gasteiger partial charge in [-0.15, -0.1) is 0 Å². The molecule has 21 rings (SSSR count). The van der Waals surface area contributed by atoms with Crippen LogP contribution in [0.25, 0.3) is 0 Å². The van der Waals surface area contributed by atoms with Crippen LogP contribution in [0.3, 0.4) is 0 Å². The van der Waals surface area contributed by atoms with Gasteiger partial charge in [0.1, 0.15) is 138 Å². The number of hydrogen-bond donors (Lipinski definition) is 7. The molecule has 0 saturated carbocycles. The van der Waals surface area contributed by atoms with Crippen molar-refractivity contribution in [2.24, 2.45) is 124 Å². The van der Waals surface area contributed by atoms with E-state index in [1.54, 1.807) is 55.4 Å². The lowest BCUT2D eigenvalue weighted by molar-refractivity contribution is -0.166. The number of ether oxygens (including phenoxy) is 21. The van der Waals surface area contributed by atoms with Gasteiger partial charge in [0, 0.05) is 81.1 Å². The molecule has 724 valence electrons. The number of hydrogen-bond acceptors (Lipinski definition) is 42. The van der Waals surface area contributed by atoms with Crippen molar-refractivity contribution in [3.05, 3.63) is 0 Å². The van der Waals surface area contributed by atoms with Crippen LogP contribution in [-0.2, 0) is 167 Å². The maximum atomic E-state index is 12.4. The minimum atomic E-state index is -0.660. The highest BCUT2D eigenvalue weighted by Gasteiger charge is 2.77. The summed E-state index contributed by atoms with van der Waals surface area (Å²) >= 11 is 0. The average molecular weight is 1850 g/mol. The summed E-state index contributed by atoms with van der Waals surface area (Å²) in [5.74, 6) is -13.9. The van der Waals surface area contributed by atoms with Gasteiger partial charge in [-0.25, -0.2) is 0 Å². The molecule has 42 heteroatoms. The second kappa shape index (κ2) is 38.8. The minimum Gasteiger partial charge on any atom is -0.469 e. The van der Waals surface area contributed by atoms with Crippen molar-refractivity contribution < 1.29 is 202 Å². The molecule has 0 aromatic rings. The number of rotatable bonds is 26. The molecule has 130 heavy (non-hydrogen) atoms. The van der Waals surface area contributed by atoms with E-state index in [9.17, 15) is 72.2 Å². The van der Waals surface area contributed by atoms with Crippen LogP contribution in [0.5, 0.6) is 0 Å². The van der Waals surface area contributed by atoms with Crippen LogP contribution in [0.4, 0.5) is 0 Å². The maximum Gasteiger partial charge on any atom is 0.313 e. The maximum absolute atomic E-state index is 12.4. The van der Waals surface area contributed by atoms with Crippen LogP contribution in [0, 0.1) is 124 Å². The summed E-state index contributed by atoms with van der Waals surface area (Å²) in [6.45, 7) is 17.0. The van der Waals surface area contributed by atoms with Crippen molar-refractivity contribution in [3.63, 3.8) is 0 Å². The Kier molecular flexibility index (Phi) is 28.8. The summed E-state index contributed by atoms with van der Waals surface area (Å²) in [4.78, 5) is 167. The van der Waals surface area contributed by atoms with Gasteiger partial charge in [-0.05, 0) is 113 Å². The summed E-state index contributed by atoms with van der Waals surface area (Å²) in [6, 6.07) is 0. The number of carbonyl (C=O) groups excluding carboxylic acids is 14. The van der Waals surface area contributed by atoms with Crippen molar-refractivity contribution in [1.82, 2.24) is 0 Å². The summed E-state index contributed by atoms with van der Waals surface area (Å²) in [7, 11) is 2.61. The van der Waals surface area contributed by atoms with Crippen LogP contribution < -0.4 is 0 Å². The zero-order valence-electron chi connectivity index (χ0n) is 74.1. The van der Waals surface area contributed by atoms with Gasteiger partial charge in [-0.1, -0.05) is 6.92 Å². The van der Waals surface area contributed by atoms with Crippen LogP contribution in [0.15, 0.2) is 0 Å². The van der Waals surface area contributed by atoms with E-state index in [-0.39, 0.29) is 252 Å². The molecule has 0 aromatic carbocycles. The molecule has 21 saturated heterocycles. The van der Waals surface area contributed by atoms with Crippen molar-refractivity contribution in [2.45, 2.75) is 259 Å². The predicted molar refractivity (Wildman–Crippen MR) is 420 cm³/mol. The van der Waals surface area contributed by atoms with Crippen LogP contribution in [-0.4, -0.2) is 339 Å². The summed E-state index contributed by atoms with van der Waals surface area (Å²) in [5.41, 5.74) is -1.22. The third kappa shape index (κ3) is 16.8. The highest BCUT2D eigenvalue weighted by atomic mass is 16.7. The third-order valence-electron chi connectivity index (χ3n) is 29.3. The zero-order valence-corrected chi connectivity index (χ0v) is 74.1. The van der Waals surface area contributed by atoms with Crippen LogP contribution in [0.1, 0.15) is 120 Å². The van der Waals surface area contributed by atoms with Crippen molar-refractivity contribution in [3.8, 4) is 0 Å². The minimum absolute atomic E-state index is 0.00532. The molecule has 14 bridgehead atoms. The molecule has 21 aliphatic rings. The fourth-order valence-corrected chi connectivity index (χ4v) is 24.6. The molecular weight excluding hydrogens is 1730 g/mol. The lowest BCUT2D eigenvalue weighted by Gasteiger charge is -2.29. The molecule has 21 aliphatic heterocycles. The molecule has 0 spiro atoms. The molecule has 21 heterocycles. The van der Waals surface area contributed by atoms with E-state index < -0.39 is 148 Å². The molecule has 0 aliphatic carbocycles. The first kappa shape index (κ1) is 96.6. The summed E-state index contributed by atoms with van der Waals surface area (Å²) in [5, 5.41) is 63.6. The smallest absolute Gasteiger partial charge is 0.313 e. The Bertz CT molecular complexity index is 4250. The Hall–Kier alpha value is -7.98. The van der Waals surface area contributed by atoms with Gasteiger partial charge < -0.3 is 135 Å². The van der Waals surface area contributed by atoms with E-state index in [0.29, 0.717) is 64.6 Å². The quantitative estimate of drug-likeness (QED) is 0.0362. The lowest BCUT2D eigenvalue weighted by Crippen LogP contribution is -2.45. The van der Waals surface area contributed by atoms with E-state index in [1.807, 2.05) is 6.92 Å². The van der Waals surface area contributed by atoms with Gasteiger partial charge in [0.25, 0.3) is 0 Å². The zero-order chi connectivity index (χ0) is 93.6. The normalized spacial score (nSPS) is 43.5. The Morgan fingerprint density at radius 3 is 0.677 bits per heavy atom. The first-order valence-electron chi connectivity index (χ1n) is 45.5. The van der Waals surface area contributed by atoms with E-state index in [0.717, 1.165) is 6.42 Å². The molecule has 42 atom stereocenters. The van der Waals surface area contributed by atoms with Crippen molar-refractivity contribution >= 4 is 83.6 Å². The first-order chi connectivity index (χ1) is 62.1. The number of fused-ring (bicyclic) bond motifs is 7. The Morgan fingerprint density at radius 2 is 0.477 bits per heavy atom. The molecule has 21 fully saturated rings. The fraction of sp³-hybridized carbons (Fsp3) is 0.841. The highest BCUT2D eigenvalue weighted by Crippen LogP contribution is 2.61. The predicted octanol–water partition coefficient (Wildman–Crippen LogP) is -2.03. The topological polar surface area (TPSA) is 574 Å². The number of methoxy groups -OCH3 is 2. The standard InChI is InChI=1S/C14H20O6.3C13H18O6.2C12H16O6.C11H14O6/c1-14(2,3)20-13(17)7-8-11-10(19-12(8)16)6(4-5-15)9(7)18-11;1-13(2,3)19-12(16)6-7-10-9(18-11(7)15)5(4-14)8(6)17-10;1-2-17-12(15)7-8-11-10(19-13(8)16)6(4-3-5-14)9(7)18-11;1-2-5-17-12(15)7-8-11-10(19-13(8)16)6(3-4-14)9(7)18-11;1-16-11(14)6-7-10-9(18-12(7)15)5(3-2-4-13)8(6)17-10;1-2-16-11(14)6-7-10-9(18-12(7)15)5(3-4-13)8(6)17-10;1-15-10(13)5-6-9-8(17-11(6)14)4(2-3-12)7(5)16-9/h6-11,15H,4-5H2,1-3H3;5-10,14H,4H2,1-3H3;2*6-11,14H,2-5H2,1H3;2*5-10,13H,2-4H2,1H3;4-9,12H,2-3H2,1H3. The van der Waals surface area contributed by atoms with Gasteiger partial charge in [-0.3, -0.25) is 67.1 Å². The van der Waals surface area contributed by atoms with E-state index in [4.69, 9.17) is 130 Å². The number of esters is 14. The second-order valence-electron chi connectivity index (χ2n) is 38.5. The second-order valence-corrected chi connectivity index (χ2v) is 38.5. The number of aliphatic hydroxyl groups is 7. The summed E-state index contributed by atoms with van der Waals surface area (Å²) in [6.07, 6.45) is -1.86. The van der Waals surface area contributed by atoms with Crippen LogP contribution in [0.2, 0.25) is 0 Å². The molecule has 0 radical (unpaired) electrons. The molecular formula is C88H120O42. The lowest BCUT2D eigenvalue weighted by atomic mass is 9.73. The van der Waals surface area contributed by atoms with Gasteiger partial charge >= 0.3 is 83.6 Å². The monoisotopic (exact) mass is 1850 g/mol. The van der Waals surface area contributed by atoms with Gasteiger partial charge in [-0.2, -0.15) is 0 Å². The highest BCUT2D eigenvalue weighted by molar-refractivity contribution is 5.91. The van der Waals surface area contributed by atoms with Crippen molar-refractivity contribution in [2.75, 3.05) is 80.3 Å². The molecule has 42 unspecified atom stereocenters.